The molecule has 4 nitrogen and oxygen atoms in total. The highest BCUT2D eigenvalue weighted by Gasteiger charge is 2.18. The summed E-state index contributed by atoms with van der Waals surface area (Å²) >= 11 is 5.90. The van der Waals surface area contributed by atoms with Crippen molar-refractivity contribution >= 4 is 17.6 Å². The summed E-state index contributed by atoms with van der Waals surface area (Å²) < 4.78 is 0. The average molecular weight is 296 g/mol. The number of amides is 2. The molecule has 2 rings (SSSR count). The van der Waals surface area contributed by atoms with Gasteiger partial charge in [-0.2, -0.15) is 0 Å². The zero-order valence-corrected chi connectivity index (χ0v) is 12.7. The van der Waals surface area contributed by atoms with E-state index in [1.807, 2.05) is 24.0 Å². The zero-order valence-electron chi connectivity index (χ0n) is 11.9. The maximum absolute atomic E-state index is 11.8. The lowest BCUT2D eigenvalue weighted by molar-refractivity contribution is 0.198. The van der Waals surface area contributed by atoms with Gasteiger partial charge in [0.25, 0.3) is 0 Å². The summed E-state index contributed by atoms with van der Waals surface area (Å²) in [7, 11) is 0. The van der Waals surface area contributed by atoms with E-state index >= 15 is 0 Å². The van der Waals surface area contributed by atoms with Gasteiger partial charge in [-0.25, -0.2) is 4.79 Å². The Balaban J connectivity index is 1.86. The average Bonchev–Trinajstić information content (AvgIpc) is 2.67. The third kappa shape index (κ3) is 4.39. The maximum atomic E-state index is 11.8. The summed E-state index contributed by atoms with van der Waals surface area (Å²) in [5.74, 6) is 0. The molecule has 0 radical (unpaired) electrons. The Kier molecular flexibility index (Phi) is 5.68. The van der Waals surface area contributed by atoms with Crippen LogP contribution in [0.2, 0.25) is 5.02 Å². The highest BCUT2D eigenvalue weighted by Crippen LogP contribution is 2.13. The highest BCUT2D eigenvalue weighted by atomic mass is 35.5. The number of carbonyl (C=O) groups is 1. The second-order valence-electron chi connectivity index (χ2n) is 5.08. The van der Waals surface area contributed by atoms with Gasteiger partial charge in [0.1, 0.15) is 0 Å². The minimum absolute atomic E-state index is 0.0563. The molecule has 1 heterocycles. The second kappa shape index (κ2) is 7.50. The number of urea groups is 1. The molecule has 20 heavy (non-hydrogen) atoms. The number of hydrogen-bond acceptors (Lipinski definition) is 2. The Labute approximate surface area is 125 Å². The molecule has 1 fully saturated rings. The number of hydrogen-bond donors (Lipinski definition) is 1. The Morgan fingerprint density at radius 1 is 1.20 bits per heavy atom. The van der Waals surface area contributed by atoms with E-state index in [2.05, 4.69) is 22.3 Å². The number of nitrogens with zero attached hydrogens (tertiary/aromatic N) is 2. The number of carbonyl (C=O) groups excluding carboxylic acids is 1. The second-order valence-corrected chi connectivity index (χ2v) is 5.52. The first-order valence-corrected chi connectivity index (χ1v) is 7.56. The Hall–Kier alpha value is -1.26. The van der Waals surface area contributed by atoms with Crippen molar-refractivity contribution in [3.05, 3.63) is 34.9 Å². The van der Waals surface area contributed by atoms with E-state index in [-0.39, 0.29) is 6.03 Å². The van der Waals surface area contributed by atoms with Gasteiger partial charge in [0.2, 0.25) is 0 Å². The van der Waals surface area contributed by atoms with Crippen molar-refractivity contribution in [1.82, 2.24) is 15.1 Å². The Bertz CT molecular complexity index is 435. The van der Waals surface area contributed by atoms with Crippen molar-refractivity contribution in [3.63, 3.8) is 0 Å². The van der Waals surface area contributed by atoms with Gasteiger partial charge in [0.15, 0.2) is 0 Å². The third-order valence-electron chi connectivity index (χ3n) is 3.52. The first-order valence-electron chi connectivity index (χ1n) is 7.18. The van der Waals surface area contributed by atoms with Gasteiger partial charge in [-0.05, 0) is 31.0 Å². The van der Waals surface area contributed by atoms with Crippen LogP contribution in [0.15, 0.2) is 24.3 Å². The molecule has 1 aromatic carbocycles. The summed E-state index contributed by atoms with van der Waals surface area (Å²) in [5, 5.41) is 3.64. The molecule has 0 bridgehead atoms. The SMILES string of the molecule is CCNC(=O)N1CCCN(Cc2ccc(Cl)cc2)CC1. The topological polar surface area (TPSA) is 35.6 Å². The van der Waals surface area contributed by atoms with Gasteiger partial charge in [0.05, 0.1) is 0 Å². The smallest absolute Gasteiger partial charge is 0.317 e. The van der Waals surface area contributed by atoms with Gasteiger partial charge >= 0.3 is 6.03 Å². The Morgan fingerprint density at radius 3 is 2.65 bits per heavy atom. The van der Waals surface area contributed by atoms with E-state index in [1.165, 1.54) is 5.56 Å². The van der Waals surface area contributed by atoms with Crippen molar-refractivity contribution in [3.8, 4) is 0 Å². The van der Waals surface area contributed by atoms with Gasteiger partial charge in [-0.15, -0.1) is 0 Å². The van der Waals surface area contributed by atoms with E-state index < -0.39 is 0 Å². The zero-order chi connectivity index (χ0) is 14.4. The molecule has 110 valence electrons. The van der Waals surface area contributed by atoms with Crippen molar-refractivity contribution < 1.29 is 4.79 Å². The summed E-state index contributed by atoms with van der Waals surface area (Å²) in [6, 6.07) is 8.04. The fourth-order valence-electron chi connectivity index (χ4n) is 2.44. The molecule has 5 heteroatoms. The highest BCUT2D eigenvalue weighted by molar-refractivity contribution is 6.30. The molecular weight excluding hydrogens is 274 g/mol. The quantitative estimate of drug-likeness (QED) is 0.930. The minimum Gasteiger partial charge on any atom is -0.338 e. The first-order chi connectivity index (χ1) is 9.69. The number of benzene rings is 1. The molecule has 0 unspecified atom stereocenters. The van der Waals surface area contributed by atoms with Crippen LogP contribution in [0.25, 0.3) is 0 Å². The molecule has 2 amide bonds. The molecule has 1 aliphatic heterocycles. The van der Waals surface area contributed by atoms with Gasteiger partial charge < -0.3 is 10.2 Å². The van der Waals surface area contributed by atoms with Crippen LogP contribution in [0, 0.1) is 0 Å². The van der Waals surface area contributed by atoms with Crippen molar-refractivity contribution in [2.45, 2.75) is 19.9 Å². The van der Waals surface area contributed by atoms with Crippen LogP contribution in [-0.4, -0.2) is 48.6 Å². The molecule has 1 N–H and O–H groups in total. The van der Waals surface area contributed by atoms with Crippen molar-refractivity contribution in [2.75, 3.05) is 32.7 Å². The van der Waals surface area contributed by atoms with E-state index in [1.54, 1.807) is 0 Å². The minimum atomic E-state index is 0.0563. The number of nitrogens with one attached hydrogen (secondary N) is 1. The van der Waals surface area contributed by atoms with Crippen molar-refractivity contribution in [1.29, 1.82) is 0 Å². The number of halogens is 1. The standard InChI is InChI=1S/C15H22ClN3O/c1-2-17-15(20)19-9-3-8-18(10-11-19)12-13-4-6-14(16)7-5-13/h4-7H,2-3,8-12H2,1H3,(H,17,20). The van der Waals surface area contributed by atoms with Crippen LogP contribution in [-0.2, 0) is 6.54 Å². The third-order valence-corrected chi connectivity index (χ3v) is 3.78. The van der Waals surface area contributed by atoms with E-state index in [0.29, 0.717) is 6.54 Å². The predicted molar refractivity (Wildman–Crippen MR) is 82.0 cm³/mol. The molecule has 0 aromatic heterocycles. The van der Waals surface area contributed by atoms with Gasteiger partial charge in [-0.1, -0.05) is 23.7 Å². The molecule has 1 saturated heterocycles. The predicted octanol–water partition coefficient (Wildman–Crippen LogP) is 2.58. The fraction of sp³-hybridized carbons (Fsp3) is 0.533. The maximum Gasteiger partial charge on any atom is 0.317 e. The summed E-state index contributed by atoms with van der Waals surface area (Å²) in [5.41, 5.74) is 1.26. The van der Waals surface area contributed by atoms with Crippen LogP contribution in [0.3, 0.4) is 0 Å². The molecule has 0 aliphatic carbocycles. The van der Waals surface area contributed by atoms with Crippen molar-refractivity contribution in [2.24, 2.45) is 0 Å². The lowest BCUT2D eigenvalue weighted by Crippen LogP contribution is -2.41. The van der Waals surface area contributed by atoms with Crippen LogP contribution in [0.5, 0.6) is 0 Å². The lowest BCUT2D eigenvalue weighted by atomic mass is 10.2. The van der Waals surface area contributed by atoms with E-state index in [4.69, 9.17) is 11.6 Å². The van der Waals surface area contributed by atoms with Crippen LogP contribution >= 0.6 is 11.6 Å². The summed E-state index contributed by atoms with van der Waals surface area (Å²) in [4.78, 5) is 16.1. The van der Waals surface area contributed by atoms with Crippen LogP contribution in [0.4, 0.5) is 4.79 Å². The van der Waals surface area contributed by atoms with Gasteiger partial charge in [-0.3, -0.25) is 4.90 Å². The van der Waals surface area contributed by atoms with E-state index in [0.717, 1.165) is 44.2 Å². The first kappa shape index (κ1) is 15.1. The van der Waals surface area contributed by atoms with Crippen LogP contribution < -0.4 is 5.32 Å². The monoisotopic (exact) mass is 295 g/mol. The summed E-state index contributed by atoms with van der Waals surface area (Å²) in [6.07, 6.45) is 1.02. The fourth-order valence-corrected chi connectivity index (χ4v) is 2.57. The van der Waals surface area contributed by atoms with Gasteiger partial charge in [0, 0.05) is 44.3 Å². The normalized spacial score (nSPS) is 16.8. The summed E-state index contributed by atoms with van der Waals surface area (Å²) in [6.45, 7) is 7.12. The molecule has 1 aliphatic rings. The molecular formula is C15H22ClN3O. The molecule has 0 atom stereocenters. The molecule has 0 saturated carbocycles. The molecule has 1 aromatic rings. The number of rotatable bonds is 3. The van der Waals surface area contributed by atoms with E-state index in [9.17, 15) is 4.79 Å². The molecule has 0 spiro atoms. The largest absolute Gasteiger partial charge is 0.338 e. The van der Waals surface area contributed by atoms with Crippen LogP contribution in [0.1, 0.15) is 18.9 Å². The lowest BCUT2D eigenvalue weighted by Gasteiger charge is -2.22. The Morgan fingerprint density at radius 2 is 1.95 bits per heavy atom.